The molecule has 6 nitrogen and oxygen atoms in total. The van der Waals surface area contributed by atoms with E-state index >= 15 is 0 Å². The molecule has 1 saturated heterocycles. The molecular weight excluding hydrogens is 433 g/mol. The van der Waals surface area contributed by atoms with E-state index in [1.54, 1.807) is 0 Å². The fraction of sp³-hybridized carbons (Fsp3) is 0.217. The van der Waals surface area contributed by atoms with Gasteiger partial charge < -0.3 is 4.90 Å². The van der Waals surface area contributed by atoms with Crippen LogP contribution in [0, 0.1) is 0 Å². The summed E-state index contributed by atoms with van der Waals surface area (Å²) in [4.78, 5) is 14.9. The molecule has 0 saturated carbocycles. The van der Waals surface area contributed by atoms with Crippen molar-refractivity contribution in [1.29, 1.82) is 0 Å². The second-order valence-corrected chi connectivity index (χ2v) is 8.38. The fourth-order valence-corrected chi connectivity index (χ4v) is 4.26. The molecule has 1 aliphatic rings. The number of fused-ring (bicyclic) bond motifs is 1. The van der Waals surface area contributed by atoms with E-state index in [0.717, 1.165) is 49.0 Å². The number of carbonyl (C=O) groups is 1. The lowest BCUT2D eigenvalue weighted by molar-refractivity contribution is 0.0709. The van der Waals surface area contributed by atoms with Crippen LogP contribution in [0.3, 0.4) is 0 Å². The number of likely N-dealkylation sites (tertiary alicyclic amines) is 1. The Balaban J connectivity index is 1.70. The molecule has 0 radical (unpaired) electrons. The minimum absolute atomic E-state index is 0.149. The minimum Gasteiger partial charge on any atom is -0.336 e. The highest BCUT2D eigenvalue weighted by Gasteiger charge is 2.25. The topological polar surface area (TPSA) is 63.4 Å². The van der Waals surface area contributed by atoms with Crippen LogP contribution in [-0.2, 0) is 0 Å². The summed E-state index contributed by atoms with van der Waals surface area (Å²) in [6, 6.07) is 16.9. The molecule has 1 aliphatic heterocycles. The van der Waals surface area contributed by atoms with Gasteiger partial charge in [-0.05, 0) is 49.1 Å². The van der Waals surface area contributed by atoms with Crippen LogP contribution >= 0.6 is 23.2 Å². The van der Waals surface area contributed by atoms with Gasteiger partial charge in [0.1, 0.15) is 5.69 Å². The van der Waals surface area contributed by atoms with Gasteiger partial charge in [-0.3, -0.25) is 4.79 Å². The van der Waals surface area contributed by atoms with Crippen LogP contribution in [0.25, 0.3) is 28.0 Å². The zero-order valence-corrected chi connectivity index (χ0v) is 18.1. The van der Waals surface area contributed by atoms with Crippen molar-refractivity contribution in [2.24, 2.45) is 0 Å². The van der Waals surface area contributed by atoms with Crippen LogP contribution in [0.4, 0.5) is 0 Å². The average Bonchev–Trinajstić information content (AvgIpc) is 3.22. The lowest BCUT2D eigenvalue weighted by atomic mass is 10.00. The van der Waals surface area contributed by atoms with Gasteiger partial charge in [0, 0.05) is 29.2 Å². The van der Waals surface area contributed by atoms with Gasteiger partial charge in [0.25, 0.3) is 5.91 Å². The summed E-state index contributed by atoms with van der Waals surface area (Å²) in [5.41, 5.74) is 3.66. The van der Waals surface area contributed by atoms with Gasteiger partial charge in [0.2, 0.25) is 5.82 Å². The maximum Gasteiger partial charge on any atom is 0.293 e. The highest BCUT2D eigenvalue weighted by Crippen LogP contribution is 2.35. The van der Waals surface area contributed by atoms with E-state index in [2.05, 4.69) is 10.2 Å². The number of amides is 1. The average molecular weight is 452 g/mol. The van der Waals surface area contributed by atoms with Gasteiger partial charge in [-0.1, -0.05) is 53.5 Å². The number of hydrogen-bond acceptors (Lipinski definition) is 4. The number of nitrogens with zero attached hydrogens (tertiary/aromatic N) is 5. The molecule has 0 N–H and O–H groups in total. The molecule has 31 heavy (non-hydrogen) atoms. The summed E-state index contributed by atoms with van der Waals surface area (Å²) in [6.45, 7) is 1.46. The normalized spacial score (nSPS) is 14.2. The molecule has 0 spiro atoms. The molecule has 5 rings (SSSR count). The second kappa shape index (κ2) is 8.29. The van der Waals surface area contributed by atoms with Crippen molar-refractivity contribution in [2.45, 2.75) is 19.3 Å². The third kappa shape index (κ3) is 3.77. The van der Waals surface area contributed by atoms with Crippen molar-refractivity contribution in [1.82, 2.24) is 24.7 Å². The van der Waals surface area contributed by atoms with Crippen molar-refractivity contribution in [3.05, 3.63) is 70.5 Å². The van der Waals surface area contributed by atoms with Crippen LogP contribution in [0.2, 0.25) is 10.0 Å². The first kappa shape index (κ1) is 20.0. The molecule has 1 amide bonds. The maximum absolute atomic E-state index is 13.1. The van der Waals surface area contributed by atoms with Crippen LogP contribution < -0.4 is 0 Å². The van der Waals surface area contributed by atoms with Crippen molar-refractivity contribution in [3.63, 3.8) is 0 Å². The Bertz CT molecular complexity index is 1260. The summed E-state index contributed by atoms with van der Waals surface area (Å²) >= 11 is 12.6. The van der Waals surface area contributed by atoms with Crippen molar-refractivity contribution in [2.75, 3.05) is 13.1 Å². The molecule has 0 aliphatic carbocycles. The highest BCUT2D eigenvalue weighted by molar-refractivity contribution is 6.33. The van der Waals surface area contributed by atoms with Crippen molar-refractivity contribution in [3.8, 4) is 22.4 Å². The summed E-state index contributed by atoms with van der Waals surface area (Å²) in [6.07, 6.45) is 3.15. The molecular formula is C23H19Cl2N5O. The van der Waals surface area contributed by atoms with Gasteiger partial charge in [0.05, 0.1) is 5.02 Å². The van der Waals surface area contributed by atoms with E-state index in [9.17, 15) is 4.79 Å². The van der Waals surface area contributed by atoms with Gasteiger partial charge in [-0.15, -0.1) is 10.2 Å². The molecule has 4 aromatic rings. The quantitative estimate of drug-likeness (QED) is 0.418. The smallest absolute Gasteiger partial charge is 0.293 e. The van der Waals surface area contributed by atoms with E-state index in [0.29, 0.717) is 21.4 Å². The van der Waals surface area contributed by atoms with Crippen molar-refractivity contribution < 1.29 is 4.79 Å². The molecule has 0 atom stereocenters. The zero-order chi connectivity index (χ0) is 21.4. The summed E-state index contributed by atoms with van der Waals surface area (Å²) in [7, 11) is 0. The Labute approximate surface area is 189 Å². The van der Waals surface area contributed by atoms with Crippen LogP contribution in [0.1, 0.15) is 29.9 Å². The van der Waals surface area contributed by atoms with E-state index in [4.69, 9.17) is 28.3 Å². The largest absolute Gasteiger partial charge is 0.336 e. The Morgan fingerprint density at radius 3 is 2.35 bits per heavy atom. The number of piperidine rings is 1. The van der Waals surface area contributed by atoms with Crippen LogP contribution in [0.5, 0.6) is 0 Å². The fourth-order valence-electron chi connectivity index (χ4n) is 3.91. The first-order valence-corrected chi connectivity index (χ1v) is 10.9. The number of rotatable bonds is 3. The number of carbonyl (C=O) groups excluding carboxylic acids is 1. The lowest BCUT2D eigenvalue weighted by Crippen LogP contribution is -2.36. The number of aromatic nitrogens is 4. The van der Waals surface area contributed by atoms with E-state index in [-0.39, 0.29) is 11.7 Å². The Morgan fingerprint density at radius 2 is 1.61 bits per heavy atom. The molecule has 0 bridgehead atoms. The highest BCUT2D eigenvalue weighted by atomic mass is 35.5. The Morgan fingerprint density at radius 1 is 0.871 bits per heavy atom. The molecule has 156 valence electrons. The number of hydrogen-bond donors (Lipinski definition) is 0. The third-order valence-electron chi connectivity index (χ3n) is 5.51. The van der Waals surface area contributed by atoms with Crippen LogP contribution in [0.15, 0.2) is 54.6 Å². The van der Waals surface area contributed by atoms with Crippen LogP contribution in [-0.4, -0.2) is 43.7 Å². The second-order valence-electron chi connectivity index (χ2n) is 7.54. The molecule has 8 heteroatoms. The van der Waals surface area contributed by atoms with E-state index in [1.807, 2.05) is 59.5 Å². The SMILES string of the molecule is O=C(c1nnc2cc(-c3ccc(Cl)cc3)c(-c3ccccc3Cl)nn12)N1CCCCC1. The Kier molecular flexibility index (Phi) is 5.34. The summed E-state index contributed by atoms with van der Waals surface area (Å²) in [5.74, 6) is 0.0666. The maximum atomic E-state index is 13.1. The first-order chi connectivity index (χ1) is 15.1. The number of halogens is 2. The zero-order valence-electron chi connectivity index (χ0n) is 16.6. The molecule has 3 heterocycles. The minimum atomic E-state index is -0.149. The molecule has 2 aromatic heterocycles. The van der Waals surface area contributed by atoms with Gasteiger partial charge in [-0.25, -0.2) is 0 Å². The first-order valence-electron chi connectivity index (χ1n) is 10.2. The molecule has 1 fully saturated rings. The van der Waals surface area contributed by atoms with E-state index < -0.39 is 0 Å². The summed E-state index contributed by atoms with van der Waals surface area (Å²) < 4.78 is 1.52. The predicted molar refractivity (Wildman–Crippen MR) is 121 cm³/mol. The summed E-state index contributed by atoms with van der Waals surface area (Å²) in [5, 5.41) is 14.4. The standard InChI is InChI=1S/C23H19Cl2N5O/c24-16-10-8-15(9-11-16)18-14-20-26-27-22(23(31)29-12-4-1-5-13-29)30(20)28-21(18)17-6-2-3-7-19(17)25/h2-3,6-11,14H,1,4-5,12-13H2. The van der Waals surface area contributed by atoms with Gasteiger partial charge in [-0.2, -0.15) is 9.61 Å². The third-order valence-corrected chi connectivity index (χ3v) is 6.09. The monoisotopic (exact) mass is 451 g/mol. The molecule has 2 aromatic carbocycles. The van der Waals surface area contributed by atoms with Crippen molar-refractivity contribution >= 4 is 34.8 Å². The number of benzene rings is 2. The van der Waals surface area contributed by atoms with Gasteiger partial charge >= 0.3 is 0 Å². The molecule has 0 unspecified atom stereocenters. The van der Waals surface area contributed by atoms with E-state index in [1.165, 1.54) is 4.52 Å². The lowest BCUT2D eigenvalue weighted by Gasteiger charge is -2.25. The Hall–Kier alpha value is -2.96. The predicted octanol–water partition coefficient (Wildman–Crippen LogP) is 5.39. The van der Waals surface area contributed by atoms with Gasteiger partial charge in [0.15, 0.2) is 5.65 Å².